The third kappa shape index (κ3) is 2.03. The molecule has 1 saturated carbocycles. The smallest absolute Gasteiger partial charge is 0.392 e. The molecule has 1 N–H and O–H groups in total. The Morgan fingerprint density at radius 3 is 2.56 bits per heavy atom. The summed E-state index contributed by atoms with van der Waals surface area (Å²) < 4.78 is 37.0. The normalized spacial score (nSPS) is 24.2. The Morgan fingerprint density at radius 2 is 2.06 bits per heavy atom. The molecule has 1 aromatic rings. The Balaban J connectivity index is 2.18. The van der Waals surface area contributed by atoms with Gasteiger partial charge in [0.1, 0.15) is 0 Å². The molecule has 2 atom stereocenters. The molecule has 2 nitrogen and oxygen atoms in total. The molecule has 1 fully saturated rings. The van der Waals surface area contributed by atoms with Crippen molar-refractivity contribution in [3.05, 3.63) is 35.4 Å². The van der Waals surface area contributed by atoms with Gasteiger partial charge in [0.15, 0.2) is 0 Å². The minimum atomic E-state index is -4.18. The Labute approximate surface area is 89.7 Å². The highest BCUT2D eigenvalue weighted by atomic mass is 19.4. The van der Waals surface area contributed by atoms with Gasteiger partial charge in [-0.2, -0.15) is 13.2 Å². The third-order valence-electron chi connectivity index (χ3n) is 2.77. The van der Waals surface area contributed by atoms with Crippen LogP contribution in [0, 0.1) is 5.92 Å². The fourth-order valence-corrected chi connectivity index (χ4v) is 1.83. The van der Waals surface area contributed by atoms with Crippen LogP contribution in [0.15, 0.2) is 24.3 Å². The molecule has 0 unspecified atom stereocenters. The van der Waals surface area contributed by atoms with Crippen LogP contribution in [-0.2, 0) is 0 Å². The Morgan fingerprint density at radius 1 is 1.38 bits per heavy atom. The number of alkyl halides is 3. The molecular weight excluding hydrogens is 221 g/mol. The second kappa shape index (κ2) is 3.50. The SMILES string of the molecule is O=C(O)c1cccc([C@@H]2C[C@H]2C(F)(F)F)c1. The van der Waals surface area contributed by atoms with Crippen molar-refractivity contribution in [1.29, 1.82) is 0 Å². The van der Waals surface area contributed by atoms with Crippen LogP contribution in [0.25, 0.3) is 0 Å². The summed E-state index contributed by atoms with van der Waals surface area (Å²) in [6.45, 7) is 0. The Hall–Kier alpha value is -1.52. The zero-order valence-corrected chi connectivity index (χ0v) is 8.16. The Kier molecular flexibility index (Phi) is 2.40. The van der Waals surface area contributed by atoms with Crippen LogP contribution in [-0.4, -0.2) is 17.3 Å². The number of carbonyl (C=O) groups is 1. The molecule has 1 aromatic carbocycles. The molecule has 1 aliphatic rings. The van der Waals surface area contributed by atoms with Gasteiger partial charge < -0.3 is 5.11 Å². The van der Waals surface area contributed by atoms with E-state index in [2.05, 4.69) is 0 Å². The maximum absolute atomic E-state index is 12.3. The highest BCUT2D eigenvalue weighted by Crippen LogP contribution is 2.56. The number of carboxylic acids is 1. The summed E-state index contributed by atoms with van der Waals surface area (Å²) in [5, 5.41) is 8.71. The van der Waals surface area contributed by atoms with Gasteiger partial charge in [-0.15, -0.1) is 0 Å². The van der Waals surface area contributed by atoms with Gasteiger partial charge in [0, 0.05) is 0 Å². The minimum Gasteiger partial charge on any atom is -0.478 e. The van der Waals surface area contributed by atoms with Crippen molar-refractivity contribution >= 4 is 5.97 Å². The second-order valence-corrected chi connectivity index (χ2v) is 3.92. The number of carboxylic acid groups (broad SMARTS) is 1. The first-order valence-corrected chi connectivity index (χ1v) is 4.79. The van der Waals surface area contributed by atoms with Crippen LogP contribution in [0.3, 0.4) is 0 Å². The van der Waals surface area contributed by atoms with Crippen molar-refractivity contribution in [1.82, 2.24) is 0 Å². The summed E-state index contributed by atoms with van der Waals surface area (Å²) in [7, 11) is 0. The van der Waals surface area contributed by atoms with E-state index in [1.807, 2.05) is 0 Å². The van der Waals surface area contributed by atoms with E-state index >= 15 is 0 Å². The van der Waals surface area contributed by atoms with Gasteiger partial charge in [-0.1, -0.05) is 12.1 Å². The van der Waals surface area contributed by atoms with Crippen molar-refractivity contribution < 1.29 is 23.1 Å². The molecule has 1 aliphatic carbocycles. The van der Waals surface area contributed by atoms with Gasteiger partial charge in [0.05, 0.1) is 11.5 Å². The summed E-state index contributed by atoms with van der Waals surface area (Å²) >= 11 is 0. The van der Waals surface area contributed by atoms with Gasteiger partial charge in [-0.3, -0.25) is 0 Å². The molecule has 0 amide bonds. The molecular formula is C11H9F3O2. The number of hydrogen-bond donors (Lipinski definition) is 1. The zero-order valence-electron chi connectivity index (χ0n) is 8.16. The van der Waals surface area contributed by atoms with Crippen molar-refractivity contribution in [2.75, 3.05) is 0 Å². The van der Waals surface area contributed by atoms with Gasteiger partial charge in [-0.05, 0) is 30.0 Å². The van der Waals surface area contributed by atoms with Crippen molar-refractivity contribution in [3.8, 4) is 0 Å². The van der Waals surface area contributed by atoms with Crippen LogP contribution in [0.1, 0.15) is 28.3 Å². The molecule has 0 spiro atoms. The first kappa shape index (κ1) is 11.0. The van der Waals surface area contributed by atoms with E-state index in [-0.39, 0.29) is 12.0 Å². The molecule has 0 radical (unpaired) electrons. The molecule has 0 aromatic heterocycles. The topological polar surface area (TPSA) is 37.3 Å². The molecule has 0 bridgehead atoms. The summed E-state index contributed by atoms with van der Waals surface area (Å²) in [5.74, 6) is -3.00. The van der Waals surface area contributed by atoms with Gasteiger partial charge >= 0.3 is 12.1 Å². The maximum atomic E-state index is 12.3. The Bertz CT molecular complexity index is 425. The predicted molar refractivity (Wildman–Crippen MR) is 50.3 cm³/mol. The van der Waals surface area contributed by atoms with E-state index in [1.165, 1.54) is 18.2 Å². The van der Waals surface area contributed by atoms with Crippen molar-refractivity contribution in [2.24, 2.45) is 5.92 Å². The summed E-state index contributed by atoms with van der Waals surface area (Å²) in [6.07, 6.45) is -4.11. The number of hydrogen-bond acceptors (Lipinski definition) is 1. The standard InChI is InChI=1S/C11H9F3O2/c12-11(13,14)9-5-8(9)6-2-1-3-7(4-6)10(15)16/h1-4,8-9H,5H2,(H,15,16)/t8-,9+/m0/s1. The van der Waals surface area contributed by atoms with Crippen LogP contribution in [0.2, 0.25) is 0 Å². The monoisotopic (exact) mass is 230 g/mol. The van der Waals surface area contributed by atoms with E-state index in [1.54, 1.807) is 6.07 Å². The lowest BCUT2D eigenvalue weighted by atomic mass is 10.1. The first-order chi connectivity index (χ1) is 7.39. The van der Waals surface area contributed by atoms with Crippen LogP contribution in [0.4, 0.5) is 13.2 Å². The largest absolute Gasteiger partial charge is 0.478 e. The average molecular weight is 230 g/mol. The second-order valence-electron chi connectivity index (χ2n) is 3.92. The van der Waals surface area contributed by atoms with Crippen molar-refractivity contribution in [3.63, 3.8) is 0 Å². The van der Waals surface area contributed by atoms with Crippen LogP contribution in [0.5, 0.6) is 0 Å². The average Bonchev–Trinajstić information content (AvgIpc) is 2.96. The van der Waals surface area contributed by atoms with Gasteiger partial charge in [-0.25, -0.2) is 4.79 Å². The van der Waals surface area contributed by atoms with E-state index in [4.69, 9.17) is 5.11 Å². The first-order valence-electron chi connectivity index (χ1n) is 4.79. The highest BCUT2D eigenvalue weighted by molar-refractivity contribution is 5.87. The minimum absolute atomic E-state index is 0.0327. The predicted octanol–water partition coefficient (Wildman–Crippen LogP) is 3.05. The van der Waals surface area contributed by atoms with Gasteiger partial charge in [0.25, 0.3) is 0 Å². The van der Waals surface area contributed by atoms with E-state index < -0.39 is 24.0 Å². The molecule has 86 valence electrons. The van der Waals surface area contributed by atoms with Gasteiger partial charge in [0.2, 0.25) is 0 Å². The number of halogens is 3. The quantitative estimate of drug-likeness (QED) is 0.847. The lowest BCUT2D eigenvalue weighted by molar-refractivity contribution is -0.148. The summed E-state index contributed by atoms with van der Waals surface area (Å²) in [4.78, 5) is 10.7. The number of rotatable bonds is 2. The fraction of sp³-hybridized carbons (Fsp3) is 0.364. The summed E-state index contributed by atoms with van der Waals surface area (Å²) in [6, 6.07) is 5.71. The van der Waals surface area contributed by atoms with E-state index in [9.17, 15) is 18.0 Å². The van der Waals surface area contributed by atoms with Crippen molar-refractivity contribution in [2.45, 2.75) is 18.5 Å². The van der Waals surface area contributed by atoms with Crippen LogP contribution >= 0.6 is 0 Å². The maximum Gasteiger partial charge on any atom is 0.392 e. The third-order valence-corrected chi connectivity index (χ3v) is 2.77. The molecule has 0 aliphatic heterocycles. The molecule has 0 saturated heterocycles. The lowest BCUT2D eigenvalue weighted by Crippen LogP contribution is -2.11. The lowest BCUT2D eigenvalue weighted by Gasteiger charge is -2.05. The molecule has 2 rings (SSSR count). The fourth-order valence-electron chi connectivity index (χ4n) is 1.83. The van der Waals surface area contributed by atoms with E-state index in [0.29, 0.717) is 5.56 Å². The number of aromatic carboxylic acids is 1. The zero-order chi connectivity index (χ0) is 11.9. The van der Waals surface area contributed by atoms with Crippen LogP contribution < -0.4 is 0 Å². The molecule has 5 heteroatoms. The molecule has 16 heavy (non-hydrogen) atoms. The highest BCUT2D eigenvalue weighted by Gasteiger charge is 2.56. The number of benzene rings is 1. The van der Waals surface area contributed by atoms with E-state index in [0.717, 1.165) is 0 Å². The molecule has 0 heterocycles. The summed E-state index contributed by atoms with van der Waals surface area (Å²) in [5.41, 5.74) is 0.493.